The highest BCUT2D eigenvalue weighted by Crippen LogP contribution is 2.54. The summed E-state index contributed by atoms with van der Waals surface area (Å²) >= 11 is 0. The molecule has 5 aliphatic heterocycles. The molecular formula is C110H117N15O5. The lowest BCUT2D eigenvalue weighted by Crippen LogP contribution is -2.42. The van der Waals surface area contributed by atoms with Crippen LogP contribution in [-0.4, -0.2) is 96.7 Å². The molecule has 0 spiro atoms. The Balaban J connectivity index is 0.000000108. The second kappa shape index (κ2) is 33.2. The SMILES string of the molecule is Cc1ccc2c(n1)oc1c(N3c4ccccc4N(C)C3C)c(C)ccc12.[2H]C(C)(C)N1C=CN(c2c(C)ccc3c2oc2nc(C)ccc23)C1C.[2H]C(C)(C)N1C=CN(c2c(C)ccc3c2oc2nc(C)ccc23)C1C.[2H]C(C)(C)N1c2ccccc2N(c2c(C)ccc3c2oc2nc(C)ccc23)C1C.[2H]C(C)(C)N1c2ccccc2N(c2c(C)ccc3c2oc2nc(C)ccc23)C1C. The number of rotatable bonds is 9. The summed E-state index contributed by atoms with van der Waals surface area (Å²) in [7, 11) is 2.14. The fraction of sp³-hybridized carbons (Fsp3) is 0.300. The molecule has 0 aliphatic carbocycles. The maximum atomic E-state index is 8.74. The van der Waals surface area contributed by atoms with E-state index in [9.17, 15) is 0 Å². The number of anilines is 11. The zero-order chi connectivity index (χ0) is 94.9. The largest absolute Gasteiger partial charge is 0.435 e. The van der Waals surface area contributed by atoms with Crippen molar-refractivity contribution in [3.05, 3.63) is 275 Å². The molecule has 5 unspecified atom stereocenters. The van der Waals surface area contributed by atoms with Gasteiger partial charge in [0, 0.05) is 138 Å². The van der Waals surface area contributed by atoms with Crippen LogP contribution in [0.2, 0.25) is 0 Å². The molecule has 130 heavy (non-hydrogen) atoms. The maximum Gasteiger partial charge on any atom is 0.227 e. The quantitative estimate of drug-likeness (QED) is 0.134. The average molecular weight is 1730 g/mol. The molecule has 662 valence electrons. The van der Waals surface area contributed by atoms with Gasteiger partial charge in [-0.15, -0.1) is 0 Å². The zero-order valence-electron chi connectivity index (χ0n) is 82.9. The van der Waals surface area contributed by atoms with E-state index < -0.39 is 24.1 Å². The topological polar surface area (TPSA) is 163 Å². The van der Waals surface area contributed by atoms with Gasteiger partial charge in [-0.2, -0.15) is 0 Å². The van der Waals surface area contributed by atoms with E-state index in [0.29, 0.717) is 28.6 Å². The van der Waals surface area contributed by atoms with Crippen LogP contribution in [0, 0.1) is 69.2 Å². The molecule has 0 bridgehead atoms. The summed E-state index contributed by atoms with van der Waals surface area (Å²) < 4.78 is 65.5. The summed E-state index contributed by atoms with van der Waals surface area (Å²) in [6.45, 7) is 46.6. The number of para-hydroxylation sites is 6. The second-order valence-electron chi connectivity index (χ2n) is 36.2. The van der Waals surface area contributed by atoms with Gasteiger partial charge in [0.05, 0.1) is 68.0 Å². The van der Waals surface area contributed by atoms with Crippen molar-refractivity contribution < 1.29 is 27.6 Å². The Morgan fingerprint density at radius 2 is 0.485 bits per heavy atom. The summed E-state index contributed by atoms with van der Waals surface area (Å²) in [6, 6.07) is 64.2. The van der Waals surface area contributed by atoms with E-state index in [1.54, 1.807) is 0 Å². The molecule has 0 amide bonds. The number of pyridine rings is 5. The van der Waals surface area contributed by atoms with Gasteiger partial charge in [0.25, 0.3) is 0 Å². The molecule has 0 radical (unpaired) electrons. The Bertz CT molecular complexity index is 7410. The molecule has 15 heterocycles. The van der Waals surface area contributed by atoms with Crippen molar-refractivity contribution >= 4 is 173 Å². The van der Waals surface area contributed by atoms with E-state index in [1.165, 1.54) is 16.9 Å². The van der Waals surface area contributed by atoms with Crippen molar-refractivity contribution in [1.82, 2.24) is 34.7 Å². The molecule has 0 fully saturated rings. The van der Waals surface area contributed by atoms with Crippen molar-refractivity contribution in [2.75, 3.05) is 46.2 Å². The van der Waals surface area contributed by atoms with Gasteiger partial charge < -0.3 is 71.1 Å². The van der Waals surface area contributed by atoms with Crippen molar-refractivity contribution in [3.8, 4) is 0 Å². The fourth-order valence-corrected chi connectivity index (χ4v) is 20.1. The number of aromatic nitrogens is 5. The van der Waals surface area contributed by atoms with Crippen LogP contribution in [0.5, 0.6) is 0 Å². The highest BCUT2D eigenvalue weighted by atomic mass is 16.4. The number of nitrogens with zero attached hydrogens (tertiary/aromatic N) is 15. The van der Waals surface area contributed by atoms with Gasteiger partial charge in [0.2, 0.25) is 28.6 Å². The third-order valence-corrected chi connectivity index (χ3v) is 26.5. The standard InChI is InChI=1S/2C24H25N3O.C22H21N3O.2C20H23N3O/c2*1-14(2)26-17(5)27(21-9-7-6-8-20(21)26)22-15(3)10-12-18-19-13-11-16(4)25-24(19)28-23(18)22;1-13-9-11-16-17-12-10-14(2)23-22(17)26-21(16)20(13)25-15(3)24(4)18-7-5-6-8-19(18)25;2*1-12(2)22-10-11-23(15(22)5)18-13(3)6-8-16-17-9-7-14(4)21-20(17)24-19(16)18/h2*6-14,17H,1-5H3;5-12,15H,1-4H3;2*6-12,15H,1-5H3/i2*14D;;2*12D. The van der Waals surface area contributed by atoms with Gasteiger partial charge >= 0.3 is 0 Å². The van der Waals surface area contributed by atoms with Crippen molar-refractivity contribution in [2.24, 2.45) is 0 Å². The molecule has 20 heteroatoms. The third kappa shape index (κ3) is 14.3. The minimum absolute atomic E-state index is 0.0212. The third-order valence-electron chi connectivity index (χ3n) is 26.5. The Kier molecular flexibility index (Phi) is 20.6. The first-order valence-electron chi connectivity index (χ1n) is 47.1. The lowest BCUT2D eigenvalue weighted by Gasteiger charge is -2.33. The first kappa shape index (κ1) is 80.5. The summed E-state index contributed by atoms with van der Waals surface area (Å²) in [5.74, 6) is 0. The minimum atomic E-state index is -0.751. The first-order valence-corrected chi connectivity index (χ1v) is 45.1. The van der Waals surface area contributed by atoms with Crippen LogP contribution >= 0.6 is 0 Å². The van der Waals surface area contributed by atoms with Gasteiger partial charge in [0.1, 0.15) is 30.8 Å². The van der Waals surface area contributed by atoms with Crippen LogP contribution in [0.25, 0.3) is 110 Å². The Labute approximate surface area is 766 Å². The lowest BCUT2D eigenvalue weighted by atomic mass is 10.1. The first-order chi connectivity index (χ1) is 63.6. The molecule has 20 nitrogen and oxygen atoms in total. The van der Waals surface area contributed by atoms with E-state index in [-0.39, 0.29) is 30.8 Å². The maximum absolute atomic E-state index is 8.74. The van der Waals surface area contributed by atoms with E-state index in [4.69, 9.17) is 27.6 Å². The molecule has 8 aromatic carbocycles. The average Bonchev–Trinajstić information content (AvgIpc) is 1.58. The molecule has 10 aromatic heterocycles. The summed E-state index contributed by atoms with van der Waals surface area (Å²) in [6.07, 6.45) is 8.30. The number of furan rings is 5. The molecule has 5 atom stereocenters. The van der Waals surface area contributed by atoms with Gasteiger partial charge in [-0.3, -0.25) is 0 Å². The van der Waals surface area contributed by atoms with Gasteiger partial charge in [-0.1, -0.05) is 97.1 Å². The van der Waals surface area contributed by atoms with Gasteiger partial charge in [-0.05, 0) is 284 Å². The van der Waals surface area contributed by atoms with Crippen LogP contribution < -0.4 is 39.2 Å². The summed E-state index contributed by atoms with van der Waals surface area (Å²) in [5, 5.41) is 10.6. The van der Waals surface area contributed by atoms with Crippen molar-refractivity contribution in [3.63, 3.8) is 0 Å². The number of benzene rings is 8. The van der Waals surface area contributed by atoms with Crippen LogP contribution in [0.1, 0.15) is 152 Å². The van der Waals surface area contributed by atoms with E-state index in [2.05, 4.69) is 292 Å². The molecule has 5 aliphatic rings. The van der Waals surface area contributed by atoms with Gasteiger partial charge in [-0.25, -0.2) is 24.9 Å². The predicted octanol–water partition coefficient (Wildman–Crippen LogP) is 28.0. The van der Waals surface area contributed by atoms with Crippen molar-refractivity contribution in [2.45, 2.75) is 214 Å². The number of hydrogen-bond acceptors (Lipinski definition) is 20. The van der Waals surface area contributed by atoms with Gasteiger partial charge in [0.15, 0.2) is 27.9 Å². The monoisotopic (exact) mass is 1730 g/mol. The minimum Gasteiger partial charge on any atom is -0.435 e. The number of hydrogen-bond donors (Lipinski definition) is 0. The zero-order valence-corrected chi connectivity index (χ0v) is 78.9. The van der Waals surface area contributed by atoms with Crippen molar-refractivity contribution in [1.29, 1.82) is 0 Å². The normalized spacial score (nSPS) is 17.8. The van der Waals surface area contributed by atoms with Crippen LogP contribution in [0.15, 0.2) is 241 Å². The molecule has 0 saturated heterocycles. The molecule has 0 saturated carbocycles. The number of fused-ring (bicyclic) bond motifs is 18. The smallest absolute Gasteiger partial charge is 0.227 e. The lowest BCUT2D eigenvalue weighted by molar-refractivity contribution is 0.263. The Morgan fingerprint density at radius 3 is 0.746 bits per heavy atom. The highest BCUT2D eigenvalue weighted by molar-refractivity contribution is 6.14. The fourth-order valence-electron chi connectivity index (χ4n) is 20.1. The van der Waals surface area contributed by atoms with E-state index in [1.807, 2.05) is 167 Å². The number of aryl methyl sites for hydroxylation is 10. The van der Waals surface area contributed by atoms with Crippen LogP contribution in [0.3, 0.4) is 0 Å². The highest BCUT2D eigenvalue weighted by Gasteiger charge is 2.41. The van der Waals surface area contributed by atoms with Crippen LogP contribution in [-0.2, 0) is 0 Å². The van der Waals surface area contributed by atoms with E-state index in [0.717, 1.165) is 184 Å². The summed E-state index contributed by atoms with van der Waals surface area (Å²) in [4.78, 5) is 44.9. The Morgan fingerprint density at radius 1 is 0.254 bits per heavy atom. The van der Waals surface area contributed by atoms with E-state index >= 15 is 0 Å². The van der Waals surface area contributed by atoms with Crippen LogP contribution in [0.4, 0.5) is 62.6 Å². The molecular weight excluding hydrogens is 1610 g/mol. The molecule has 0 N–H and O–H groups in total. The predicted molar refractivity (Wildman–Crippen MR) is 539 cm³/mol. The Hall–Kier alpha value is -14.0. The molecule has 23 rings (SSSR count). The molecule has 18 aromatic rings. The second-order valence-corrected chi connectivity index (χ2v) is 36.2. The summed E-state index contributed by atoms with van der Waals surface area (Å²) in [5.41, 5.74) is 30.3.